The Morgan fingerprint density at radius 3 is 2.73 bits per heavy atom. The number of hydrogen-bond donors (Lipinski definition) is 1. The van der Waals surface area contributed by atoms with Crippen molar-refractivity contribution >= 4 is 5.82 Å². The molecule has 0 saturated heterocycles. The van der Waals surface area contributed by atoms with E-state index < -0.39 is 11.6 Å². The molecule has 1 aliphatic carbocycles. The first-order valence-electron chi connectivity index (χ1n) is 5.30. The molecule has 0 unspecified atom stereocenters. The van der Waals surface area contributed by atoms with Crippen molar-refractivity contribution in [2.75, 3.05) is 11.9 Å². The average molecular weight is 212 g/mol. The Balaban J connectivity index is 1.92. The molecule has 1 fully saturated rings. The van der Waals surface area contributed by atoms with E-state index in [0.29, 0.717) is 5.92 Å². The summed E-state index contributed by atoms with van der Waals surface area (Å²) >= 11 is 0. The molecule has 0 aliphatic heterocycles. The number of hydrogen-bond acceptors (Lipinski definition) is 2. The van der Waals surface area contributed by atoms with Gasteiger partial charge in [-0.25, -0.2) is 13.8 Å². The summed E-state index contributed by atoms with van der Waals surface area (Å²) in [5.74, 6) is -0.494. The quantitative estimate of drug-likeness (QED) is 0.833. The van der Waals surface area contributed by atoms with Gasteiger partial charge in [-0.2, -0.15) is 0 Å². The minimum Gasteiger partial charge on any atom is -0.367 e. The standard InChI is InChI=1S/C11H14F2N2/c12-9-5-10(13)11(15-7-9)14-6-8-3-1-2-4-8/h5,7-8H,1-4,6H2,(H,14,15). The molecule has 1 aromatic rings. The van der Waals surface area contributed by atoms with Crippen molar-refractivity contribution in [3.05, 3.63) is 23.9 Å². The lowest BCUT2D eigenvalue weighted by atomic mass is 10.1. The van der Waals surface area contributed by atoms with E-state index in [9.17, 15) is 8.78 Å². The monoisotopic (exact) mass is 212 g/mol. The van der Waals surface area contributed by atoms with Gasteiger partial charge in [-0.1, -0.05) is 12.8 Å². The lowest BCUT2D eigenvalue weighted by molar-refractivity contribution is 0.559. The van der Waals surface area contributed by atoms with E-state index in [2.05, 4.69) is 10.3 Å². The Kier molecular flexibility index (Phi) is 3.14. The van der Waals surface area contributed by atoms with E-state index in [1.165, 1.54) is 25.7 Å². The molecule has 2 rings (SSSR count). The topological polar surface area (TPSA) is 24.9 Å². The van der Waals surface area contributed by atoms with Crippen molar-refractivity contribution < 1.29 is 8.78 Å². The van der Waals surface area contributed by atoms with Crippen LogP contribution >= 0.6 is 0 Å². The number of nitrogens with one attached hydrogen (secondary N) is 1. The maximum atomic E-state index is 13.2. The van der Waals surface area contributed by atoms with Gasteiger partial charge in [0, 0.05) is 12.6 Å². The highest BCUT2D eigenvalue weighted by molar-refractivity contribution is 5.35. The number of pyridine rings is 1. The van der Waals surface area contributed by atoms with E-state index in [1.807, 2.05) is 0 Å². The Morgan fingerprint density at radius 1 is 1.33 bits per heavy atom. The summed E-state index contributed by atoms with van der Waals surface area (Å²) in [5, 5.41) is 2.93. The highest BCUT2D eigenvalue weighted by Crippen LogP contribution is 2.25. The molecule has 1 aromatic heterocycles. The van der Waals surface area contributed by atoms with Crippen LogP contribution in [0.5, 0.6) is 0 Å². The van der Waals surface area contributed by atoms with E-state index in [0.717, 1.165) is 18.8 Å². The zero-order valence-electron chi connectivity index (χ0n) is 8.47. The Hall–Kier alpha value is -1.19. The van der Waals surface area contributed by atoms with Gasteiger partial charge in [-0.3, -0.25) is 0 Å². The fourth-order valence-electron chi connectivity index (χ4n) is 2.00. The second kappa shape index (κ2) is 4.55. The number of rotatable bonds is 3. The fourth-order valence-corrected chi connectivity index (χ4v) is 2.00. The molecule has 0 spiro atoms. The molecule has 0 atom stereocenters. The number of anilines is 1. The van der Waals surface area contributed by atoms with Crippen LogP contribution in [0.15, 0.2) is 12.3 Å². The van der Waals surface area contributed by atoms with Crippen LogP contribution in [0.25, 0.3) is 0 Å². The molecule has 4 heteroatoms. The molecule has 2 nitrogen and oxygen atoms in total. The number of aromatic nitrogens is 1. The lowest BCUT2D eigenvalue weighted by Crippen LogP contribution is -2.13. The fraction of sp³-hybridized carbons (Fsp3) is 0.545. The van der Waals surface area contributed by atoms with Crippen LogP contribution in [0, 0.1) is 17.6 Å². The lowest BCUT2D eigenvalue weighted by Gasteiger charge is -2.11. The summed E-state index contributed by atoms with van der Waals surface area (Å²) < 4.78 is 25.7. The van der Waals surface area contributed by atoms with Crippen molar-refractivity contribution in [3.63, 3.8) is 0 Å². The van der Waals surface area contributed by atoms with Gasteiger partial charge < -0.3 is 5.32 Å². The third kappa shape index (κ3) is 2.64. The Bertz CT molecular complexity index is 335. The van der Waals surface area contributed by atoms with Crippen LogP contribution in [0.3, 0.4) is 0 Å². The maximum absolute atomic E-state index is 13.2. The van der Waals surface area contributed by atoms with Gasteiger partial charge in [0.15, 0.2) is 11.6 Å². The Morgan fingerprint density at radius 2 is 2.07 bits per heavy atom. The van der Waals surface area contributed by atoms with Gasteiger partial charge in [0.2, 0.25) is 0 Å². The first-order chi connectivity index (χ1) is 7.25. The van der Waals surface area contributed by atoms with Crippen LogP contribution in [-0.2, 0) is 0 Å². The molecule has 1 aliphatic rings. The molecule has 15 heavy (non-hydrogen) atoms. The molecule has 1 saturated carbocycles. The van der Waals surface area contributed by atoms with Crippen molar-refractivity contribution in [3.8, 4) is 0 Å². The molecule has 0 bridgehead atoms. The van der Waals surface area contributed by atoms with E-state index in [-0.39, 0.29) is 5.82 Å². The van der Waals surface area contributed by atoms with Crippen LogP contribution < -0.4 is 5.32 Å². The highest BCUT2D eigenvalue weighted by Gasteiger charge is 2.15. The highest BCUT2D eigenvalue weighted by atomic mass is 19.1. The first-order valence-corrected chi connectivity index (χ1v) is 5.30. The molecular weight excluding hydrogens is 198 g/mol. The molecule has 82 valence electrons. The van der Waals surface area contributed by atoms with Gasteiger partial charge in [0.25, 0.3) is 0 Å². The third-order valence-corrected chi connectivity index (χ3v) is 2.84. The zero-order valence-corrected chi connectivity index (χ0v) is 8.47. The third-order valence-electron chi connectivity index (χ3n) is 2.84. The molecule has 0 amide bonds. The van der Waals surface area contributed by atoms with Gasteiger partial charge in [-0.05, 0) is 18.8 Å². The summed E-state index contributed by atoms with van der Waals surface area (Å²) in [6.07, 6.45) is 5.92. The van der Waals surface area contributed by atoms with Crippen LogP contribution in [0.2, 0.25) is 0 Å². The second-order valence-electron chi connectivity index (χ2n) is 4.02. The molecular formula is C11H14F2N2. The zero-order chi connectivity index (χ0) is 10.7. The van der Waals surface area contributed by atoms with Gasteiger partial charge >= 0.3 is 0 Å². The second-order valence-corrected chi connectivity index (χ2v) is 4.02. The van der Waals surface area contributed by atoms with Crippen LogP contribution in [0.1, 0.15) is 25.7 Å². The molecule has 0 aromatic carbocycles. The summed E-state index contributed by atoms with van der Waals surface area (Å²) in [7, 11) is 0. The smallest absolute Gasteiger partial charge is 0.168 e. The van der Waals surface area contributed by atoms with Gasteiger partial charge in [0.1, 0.15) is 5.82 Å². The van der Waals surface area contributed by atoms with Gasteiger partial charge in [0.05, 0.1) is 6.20 Å². The SMILES string of the molecule is Fc1cnc(NCC2CCCC2)c(F)c1. The summed E-state index contributed by atoms with van der Waals surface area (Å²) in [6.45, 7) is 0.732. The van der Waals surface area contributed by atoms with Crippen molar-refractivity contribution in [1.82, 2.24) is 4.98 Å². The predicted molar refractivity (Wildman–Crippen MR) is 54.6 cm³/mol. The van der Waals surface area contributed by atoms with Gasteiger partial charge in [-0.15, -0.1) is 0 Å². The number of nitrogens with zero attached hydrogens (tertiary/aromatic N) is 1. The summed E-state index contributed by atoms with van der Waals surface area (Å²) in [6, 6.07) is 0.851. The van der Waals surface area contributed by atoms with Crippen LogP contribution in [0.4, 0.5) is 14.6 Å². The van der Waals surface area contributed by atoms with E-state index in [1.54, 1.807) is 0 Å². The molecule has 1 heterocycles. The van der Waals surface area contributed by atoms with Crippen molar-refractivity contribution in [1.29, 1.82) is 0 Å². The van der Waals surface area contributed by atoms with Crippen LogP contribution in [-0.4, -0.2) is 11.5 Å². The van der Waals surface area contributed by atoms with E-state index in [4.69, 9.17) is 0 Å². The maximum Gasteiger partial charge on any atom is 0.168 e. The average Bonchev–Trinajstić information content (AvgIpc) is 2.69. The number of halogens is 2. The molecule has 0 radical (unpaired) electrons. The van der Waals surface area contributed by atoms with Crippen molar-refractivity contribution in [2.24, 2.45) is 5.92 Å². The summed E-state index contributed by atoms with van der Waals surface area (Å²) in [5.41, 5.74) is 0. The minimum atomic E-state index is -0.640. The predicted octanol–water partition coefficient (Wildman–Crippen LogP) is 2.96. The molecule has 1 N–H and O–H groups in total. The van der Waals surface area contributed by atoms with Crippen molar-refractivity contribution in [2.45, 2.75) is 25.7 Å². The Labute approximate surface area is 87.7 Å². The normalized spacial score (nSPS) is 16.9. The summed E-state index contributed by atoms with van der Waals surface area (Å²) in [4.78, 5) is 3.68. The minimum absolute atomic E-state index is 0.156. The van der Waals surface area contributed by atoms with E-state index >= 15 is 0 Å². The first kappa shape index (κ1) is 10.3. The largest absolute Gasteiger partial charge is 0.367 e.